The number of carbonyl (C=O) groups excluding carboxylic acids is 1. The van der Waals surface area contributed by atoms with Gasteiger partial charge in [0.25, 0.3) is 0 Å². The molecular weight excluding hydrogens is 246 g/mol. The molecule has 0 spiro atoms. The van der Waals surface area contributed by atoms with Gasteiger partial charge in [0.15, 0.2) is 11.0 Å². The first-order chi connectivity index (χ1) is 8.17. The number of halogens is 1. The Morgan fingerprint density at radius 1 is 1.59 bits per heavy atom. The van der Waals surface area contributed by atoms with Gasteiger partial charge in [-0.25, -0.2) is 4.98 Å². The molecule has 2 N–H and O–H groups in total. The Morgan fingerprint density at radius 3 is 3.00 bits per heavy atom. The lowest BCUT2D eigenvalue weighted by molar-refractivity contribution is -0.115. The zero-order valence-electron chi connectivity index (χ0n) is 9.36. The van der Waals surface area contributed by atoms with Crippen LogP contribution >= 0.6 is 11.6 Å². The third kappa shape index (κ3) is 4.55. The molecule has 0 unspecified atom stereocenters. The van der Waals surface area contributed by atoms with Crippen LogP contribution in [0.4, 0.5) is 5.82 Å². The SMILES string of the molecule is CO[B]NCC(=O)Nc1nc(OC)cnc1Cl. The second-order valence-electron chi connectivity index (χ2n) is 2.83. The van der Waals surface area contributed by atoms with Crippen molar-refractivity contribution in [3.63, 3.8) is 0 Å². The zero-order chi connectivity index (χ0) is 12.7. The Balaban J connectivity index is 2.57. The van der Waals surface area contributed by atoms with Crippen LogP contribution in [0.3, 0.4) is 0 Å². The lowest BCUT2D eigenvalue weighted by Crippen LogP contribution is -2.31. The molecule has 0 fully saturated rings. The van der Waals surface area contributed by atoms with Crippen molar-refractivity contribution in [1.29, 1.82) is 0 Å². The molecule has 1 radical (unpaired) electrons. The average molecular weight is 257 g/mol. The number of amides is 1. The minimum Gasteiger partial charge on any atom is -0.480 e. The maximum Gasteiger partial charge on any atom is 0.396 e. The summed E-state index contributed by atoms with van der Waals surface area (Å²) in [6, 6.07) is 0. The molecule has 1 heterocycles. The number of methoxy groups -OCH3 is 1. The first-order valence-electron chi connectivity index (χ1n) is 4.61. The van der Waals surface area contributed by atoms with Gasteiger partial charge >= 0.3 is 7.62 Å². The van der Waals surface area contributed by atoms with Gasteiger partial charge in [-0.1, -0.05) is 11.6 Å². The van der Waals surface area contributed by atoms with Crippen LogP contribution in [0.2, 0.25) is 5.15 Å². The van der Waals surface area contributed by atoms with Gasteiger partial charge in [-0.05, 0) is 0 Å². The second-order valence-corrected chi connectivity index (χ2v) is 3.19. The smallest absolute Gasteiger partial charge is 0.396 e. The Kier molecular flexibility index (Phi) is 5.68. The molecule has 1 rings (SSSR count). The highest BCUT2D eigenvalue weighted by Gasteiger charge is 2.09. The number of hydrogen-bond acceptors (Lipinski definition) is 6. The highest BCUT2D eigenvalue weighted by Crippen LogP contribution is 2.18. The summed E-state index contributed by atoms with van der Waals surface area (Å²) >= 11 is 5.76. The number of nitrogens with zero attached hydrogens (tertiary/aromatic N) is 2. The lowest BCUT2D eigenvalue weighted by atomic mass is 10.3. The molecule has 0 aromatic carbocycles. The highest BCUT2D eigenvalue weighted by molar-refractivity contribution is 6.32. The van der Waals surface area contributed by atoms with Crippen molar-refractivity contribution >= 4 is 30.9 Å². The van der Waals surface area contributed by atoms with E-state index in [-0.39, 0.29) is 29.3 Å². The van der Waals surface area contributed by atoms with Crippen LogP contribution in [0.5, 0.6) is 5.88 Å². The van der Waals surface area contributed by atoms with E-state index < -0.39 is 0 Å². The second kappa shape index (κ2) is 7.05. The predicted octanol–water partition coefficient (Wildman–Crippen LogP) is -0.153. The molecule has 1 aromatic rings. The standard InChI is InChI=1S/C8H11BClN4O3/c1-16-6-4-11-7(10)8(14-6)13-5(15)3-12-9-17-2/h4,12H,3H2,1-2H3,(H,13,14,15). The molecule has 9 heteroatoms. The molecule has 0 bridgehead atoms. The number of nitrogens with one attached hydrogen (secondary N) is 2. The number of rotatable bonds is 6. The maximum absolute atomic E-state index is 11.4. The first-order valence-corrected chi connectivity index (χ1v) is 4.99. The van der Waals surface area contributed by atoms with Crippen LogP contribution in [0, 0.1) is 0 Å². The number of aromatic nitrogens is 2. The van der Waals surface area contributed by atoms with Gasteiger partial charge in [0, 0.05) is 7.11 Å². The van der Waals surface area contributed by atoms with E-state index in [1.165, 1.54) is 28.0 Å². The minimum atomic E-state index is -0.331. The van der Waals surface area contributed by atoms with Crippen molar-refractivity contribution in [3.8, 4) is 5.88 Å². The fourth-order valence-electron chi connectivity index (χ4n) is 0.930. The normalized spacial score (nSPS) is 9.82. The average Bonchev–Trinajstić information content (AvgIpc) is 2.32. The van der Waals surface area contributed by atoms with Gasteiger partial charge in [-0.15, -0.1) is 0 Å². The van der Waals surface area contributed by atoms with Gasteiger partial charge in [-0.3, -0.25) is 4.79 Å². The molecule has 17 heavy (non-hydrogen) atoms. The number of hydrogen-bond donors (Lipinski definition) is 2. The van der Waals surface area contributed by atoms with Crippen molar-refractivity contribution in [2.75, 3.05) is 26.1 Å². The fourth-order valence-corrected chi connectivity index (χ4v) is 1.07. The van der Waals surface area contributed by atoms with Crippen LogP contribution in [0.1, 0.15) is 0 Å². The number of carbonyl (C=O) groups is 1. The van der Waals surface area contributed by atoms with Crippen molar-refractivity contribution in [2.45, 2.75) is 0 Å². The molecule has 0 saturated carbocycles. The van der Waals surface area contributed by atoms with E-state index in [9.17, 15) is 4.79 Å². The summed E-state index contributed by atoms with van der Waals surface area (Å²) in [4.78, 5) is 19.2. The van der Waals surface area contributed by atoms with E-state index >= 15 is 0 Å². The molecule has 0 aliphatic rings. The molecule has 91 valence electrons. The van der Waals surface area contributed by atoms with E-state index in [0.29, 0.717) is 0 Å². The Bertz CT molecular complexity index is 393. The minimum absolute atomic E-state index is 0.0308. The summed E-state index contributed by atoms with van der Waals surface area (Å²) in [6.07, 6.45) is 1.36. The third-order valence-corrected chi connectivity index (χ3v) is 1.91. The van der Waals surface area contributed by atoms with E-state index in [2.05, 4.69) is 25.2 Å². The van der Waals surface area contributed by atoms with Gasteiger partial charge < -0.3 is 19.9 Å². The van der Waals surface area contributed by atoms with Crippen molar-refractivity contribution in [2.24, 2.45) is 0 Å². The number of anilines is 1. The van der Waals surface area contributed by atoms with Crippen LogP contribution in [-0.2, 0) is 9.45 Å². The van der Waals surface area contributed by atoms with Crippen LogP contribution in [0.25, 0.3) is 0 Å². The summed E-state index contributed by atoms with van der Waals surface area (Å²) in [5.74, 6) is 0.0825. The molecule has 0 aliphatic carbocycles. The van der Waals surface area contributed by atoms with Crippen molar-refractivity contribution in [3.05, 3.63) is 11.3 Å². The van der Waals surface area contributed by atoms with Crippen molar-refractivity contribution in [1.82, 2.24) is 15.2 Å². The molecule has 7 nitrogen and oxygen atoms in total. The van der Waals surface area contributed by atoms with Gasteiger partial charge in [-0.2, -0.15) is 4.98 Å². The monoisotopic (exact) mass is 257 g/mol. The number of ether oxygens (including phenoxy) is 1. The molecule has 0 saturated heterocycles. The summed E-state index contributed by atoms with van der Waals surface area (Å²) < 4.78 is 9.48. The van der Waals surface area contributed by atoms with Gasteiger partial charge in [0.05, 0.1) is 19.9 Å². The Morgan fingerprint density at radius 2 is 2.35 bits per heavy atom. The quantitative estimate of drug-likeness (QED) is 0.544. The molecular formula is C8H11BClN4O3. The lowest BCUT2D eigenvalue weighted by Gasteiger charge is -2.07. The van der Waals surface area contributed by atoms with E-state index in [1.807, 2.05) is 0 Å². The van der Waals surface area contributed by atoms with E-state index in [0.717, 1.165) is 0 Å². The Hall–Kier alpha value is -1.38. The topological polar surface area (TPSA) is 85.4 Å². The van der Waals surface area contributed by atoms with E-state index in [4.69, 9.17) is 16.3 Å². The van der Waals surface area contributed by atoms with Crippen LogP contribution in [0.15, 0.2) is 6.20 Å². The first kappa shape index (κ1) is 13.7. The highest BCUT2D eigenvalue weighted by atomic mass is 35.5. The molecule has 0 aliphatic heterocycles. The Labute approximate surface area is 104 Å². The summed E-state index contributed by atoms with van der Waals surface area (Å²) in [5, 5.41) is 5.20. The largest absolute Gasteiger partial charge is 0.480 e. The third-order valence-electron chi connectivity index (χ3n) is 1.64. The predicted molar refractivity (Wildman–Crippen MR) is 63.0 cm³/mol. The fraction of sp³-hybridized carbons (Fsp3) is 0.375. The van der Waals surface area contributed by atoms with Crippen LogP contribution < -0.4 is 15.3 Å². The molecule has 1 amide bonds. The molecule has 0 atom stereocenters. The van der Waals surface area contributed by atoms with Gasteiger partial charge in [0.2, 0.25) is 11.8 Å². The summed E-state index contributed by atoms with van der Waals surface area (Å²) in [6.45, 7) is 0.0308. The summed E-state index contributed by atoms with van der Waals surface area (Å²) in [5.41, 5.74) is 0. The molecule has 1 aromatic heterocycles. The summed E-state index contributed by atoms with van der Waals surface area (Å²) in [7, 11) is 4.20. The van der Waals surface area contributed by atoms with Crippen molar-refractivity contribution < 1.29 is 14.2 Å². The zero-order valence-corrected chi connectivity index (χ0v) is 10.1. The van der Waals surface area contributed by atoms with Gasteiger partial charge in [0.1, 0.15) is 0 Å². The van der Waals surface area contributed by atoms with E-state index in [1.54, 1.807) is 0 Å². The van der Waals surface area contributed by atoms with Crippen LogP contribution in [-0.4, -0.2) is 44.3 Å². The maximum atomic E-state index is 11.4.